The number of carbonyl (C=O) groups is 1. The van der Waals surface area contributed by atoms with Gasteiger partial charge in [0.2, 0.25) is 5.60 Å². The molecule has 1 aliphatic heterocycles. The third-order valence-electron chi connectivity index (χ3n) is 6.27. The number of halogens is 1. The van der Waals surface area contributed by atoms with Gasteiger partial charge in [0.15, 0.2) is 6.23 Å². The second kappa shape index (κ2) is 12.8. The fraction of sp³-hybridized carbons (Fsp3) is 0.370. The van der Waals surface area contributed by atoms with Crippen LogP contribution in [0.4, 0.5) is 0 Å². The molecule has 42 heavy (non-hydrogen) atoms. The highest BCUT2D eigenvalue weighted by Crippen LogP contribution is 2.48. The number of benzene rings is 2. The molecule has 0 spiro atoms. The van der Waals surface area contributed by atoms with Gasteiger partial charge >= 0.3 is 19.4 Å². The number of carbonyl (C=O) groups excluding carboxylic acids is 1. The molecule has 1 aliphatic rings. The molecule has 2 aromatic carbocycles. The summed E-state index contributed by atoms with van der Waals surface area (Å²) < 4.78 is 37.4. The summed E-state index contributed by atoms with van der Waals surface area (Å²) in [5, 5.41) is 28.1. The van der Waals surface area contributed by atoms with E-state index < -0.39 is 67.8 Å². The number of aromatic nitrogens is 2. The molecule has 0 aliphatic carbocycles. The first kappa shape index (κ1) is 31.5. The fourth-order valence-electron chi connectivity index (χ4n) is 4.30. The van der Waals surface area contributed by atoms with Crippen LogP contribution in [0.2, 0.25) is 0 Å². The zero-order valence-electron chi connectivity index (χ0n) is 22.7. The van der Waals surface area contributed by atoms with Crippen molar-refractivity contribution in [3.63, 3.8) is 0 Å². The van der Waals surface area contributed by atoms with Crippen LogP contribution in [0, 0.1) is 11.3 Å². The predicted molar refractivity (Wildman–Crippen MR) is 152 cm³/mol. The minimum atomic E-state index is -4.44. The molecule has 4 rings (SSSR count). The van der Waals surface area contributed by atoms with Crippen LogP contribution in [0.5, 0.6) is 5.75 Å². The van der Waals surface area contributed by atoms with Crippen LogP contribution >= 0.6 is 19.3 Å². The Hall–Kier alpha value is -3.47. The van der Waals surface area contributed by atoms with Gasteiger partial charge in [0.1, 0.15) is 24.0 Å². The summed E-state index contributed by atoms with van der Waals surface area (Å²) in [6, 6.07) is 12.1. The molecule has 0 radical (unpaired) electrons. The van der Waals surface area contributed by atoms with Gasteiger partial charge < -0.3 is 24.2 Å². The number of aliphatic hydroxyl groups is 2. The van der Waals surface area contributed by atoms with Crippen molar-refractivity contribution in [3.8, 4) is 17.0 Å². The maximum Gasteiger partial charge on any atom is 0.459 e. The van der Waals surface area contributed by atoms with E-state index in [2.05, 4.69) is 11.0 Å². The van der Waals surface area contributed by atoms with Gasteiger partial charge in [0.25, 0.3) is 5.56 Å². The molecule has 2 heterocycles. The van der Waals surface area contributed by atoms with Crippen molar-refractivity contribution in [2.24, 2.45) is 0 Å². The van der Waals surface area contributed by atoms with Gasteiger partial charge in [-0.1, -0.05) is 36.4 Å². The Morgan fingerprint density at radius 2 is 1.93 bits per heavy atom. The summed E-state index contributed by atoms with van der Waals surface area (Å²) in [6.45, 7) is 4.03. The van der Waals surface area contributed by atoms with Crippen LogP contribution in [0.1, 0.15) is 27.0 Å². The summed E-state index contributed by atoms with van der Waals surface area (Å²) >= 11 is 5.53. The fourth-order valence-corrected chi connectivity index (χ4v) is 5.97. The first-order chi connectivity index (χ1) is 19.9. The average Bonchev–Trinajstić information content (AvgIpc) is 3.17. The van der Waals surface area contributed by atoms with Crippen molar-refractivity contribution in [2.75, 3.05) is 6.61 Å². The summed E-state index contributed by atoms with van der Waals surface area (Å²) in [6.07, 6.45) is -4.34. The SMILES string of the molecule is CC(C)OC(=O)[C@H](C)NP(=O)(OC[C@H]1O[C@@H](n2ccc(=O)[nH]c2=O)[C@@](O)(C#CCl)C1O)Oc1cccc2ccccc12. The van der Waals surface area contributed by atoms with Crippen LogP contribution in [0.15, 0.2) is 64.3 Å². The second-order valence-electron chi connectivity index (χ2n) is 9.73. The molecular formula is C27H29ClN3O10P. The molecule has 2 unspecified atom stereocenters. The van der Waals surface area contributed by atoms with Gasteiger partial charge in [0, 0.05) is 23.0 Å². The highest BCUT2D eigenvalue weighted by atomic mass is 35.5. The van der Waals surface area contributed by atoms with Crippen molar-refractivity contribution in [2.45, 2.75) is 57.0 Å². The Morgan fingerprint density at radius 1 is 1.21 bits per heavy atom. The minimum Gasteiger partial charge on any atom is -0.462 e. The first-order valence-electron chi connectivity index (χ1n) is 12.8. The van der Waals surface area contributed by atoms with Crippen molar-refractivity contribution in [1.29, 1.82) is 0 Å². The monoisotopic (exact) mass is 621 g/mol. The number of H-pyrrole nitrogens is 1. The second-order valence-corrected chi connectivity index (χ2v) is 11.6. The maximum absolute atomic E-state index is 14.1. The number of aromatic amines is 1. The van der Waals surface area contributed by atoms with Gasteiger partial charge in [-0.25, -0.2) is 9.36 Å². The van der Waals surface area contributed by atoms with Gasteiger partial charge in [-0.2, -0.15) is 5.09 Å². The molecule has 0 saturated carbocycles. The Labute approximate surface area is 244 Å². The van der Waals surface area contributed by atoms with E-state index >= 15 is 0 Å². The van der Waals surface area contributed by atoms with Gasteiger partial charge in [0.05, 0.1) is 12.7 Å². The number of rotatable bonds is 10. The normalized spacial score (nSPS) is 24.0. The maximum atomic E-state index is 14.1. The molecule has 1 aromatic heterocycles. The Bertz CT molecular complexity index is 1680. The summed E-state index contributed by atoms with van der Waals surface area (Å²) in [4.78, 5) is 38.5. The zero-order valence-corrected chi connectivity index (χ0v) is 24.4. The topological polar surface area (TPSA) is 178 Å². The standard InChI is InChI=1S/C27H29ClN3O10P/c1-16(2)39-24(34)17(3)30-42(37,41-20-10-6-8-18-7-4-5-9-19(18)20)38-15-21-23(33)27(36,12-13-28)25(40-21)31-14-11-22(32)29-26(31)35/h4-11,14,16-17,21,23,25,33,36H,15H2,1-3H3,(H,30,37)(H,29,32,35)/t17-,21+,23?,25+,27+,42?/m0/s1. The van der Waals surface area contributed by atoms with E-state index in [1.165, 1.54) is 6.92 Å². The lowest BCUT2D eigenvalue weighted by Gasteiger charge is -2.26. The third kappa shape index (κ3) is 6.77. The van der Waals surface area contributed by atoms with Crippen molar-refractivity contribution >= 4 is 36.1 Å². The molecule has 3 aromatic rings. The molecule has 13 nitrogen and oxygen atoms in total. The van der Waals surface area contributed by atoms with Crippen LogP contribution in [-0.4, -0.2) is 62.3 Å². The van der Waals surface area contributed by atoms with E-state index in [0.717, 1.165) is 22.2 Å². The number of ether oxygens (including phenoxy) is 2. The molecule has 224 valence electrons. The molecule has 0 amide bonds. The number of hydrogen-bond donors (Lipinski definition) is 4. The van der Waals surface area contributed by atoms with Crippen molar-refractivity contribution in [3.05, 3.63) is 75.6 Å². The Morgan fingerprint density at radius 3 is 2.62 bits per heavy atom. The average molecular weight is 622 g/mol. The van der Waals surface area contributed by atoms with Crippen LogP contribution in [0.25, 0.3) is 10.8 Å². The van der Waals surface area contributed by atoms with Gasteiger partial charge in [-0.15, -0.1) is 0 Å². The molecule has 15 heteroatoms. The molecule has 1 saturated heterocycles. The molecular weight excluding hydrogens is 593 g/mol. The van der Waals surface area contributed by atoms with Crippen LogP contribution in [0.3, 0.4) is 0 Å². The lowest BCUT2D eigenvalue weighted by Crippen LogP contribution is -2.48. The smallest absolute Gasteiger partial charge is 0.459 e. The van der Waals surface area contributed by atoms with Crippen LogP contribution in [-0.2, 0) is 23.4 Å². The van der Waals surface area contributed by atoms with E-state index in [1.807, 2.05) is 28.6 Å². The zero-order chi connectivity index (χ0) is 30.7. The van der Waals surface area contributed by atoms with Gasteiger partial charge in [-0.3, -0.25) is 23.7 Å². The van der Waals surface area contributed by atoms with E-state index in [0.29, 0.717) is 5.39 Å². The molecule has 1 fully saturated rings. The first-order valence-corrected chi connectivity index (χ1v) is 14.7. The summed E-state index contributed by atoms with van der Waals surface area (Å²) in [7, 11) is -4.44. The third-order valence-corrected chi connectivity index (χ3v) is 7.99. The minimum absolute atomic E-state index is 0.170. The van der Waals surface area contributed by atoms with E-state index in [9.17, 15) is 29.2 Å². The highest BCUT2D eigenvalue weighted by Gasteiger charge is 2.56. The number of nitrogens with one attached hydrogen (secondary N) is 2. The Balaban J connectivity index is 1.64. The van der Waals surface area contributed by atoms with E-state index in [-0.39, 0.29) is 5.75 Å². The largest absolute Gasteiger partial charge is 0.462 e. The summed E-state index contributed by atoms with van der Waals surface area (Å²) in [5.41, 5.74) is -4.11. The van der Waals surface area contributed by atoms with Crippen LogP contribution < -0.4 is 20.9 Å². The number of fused-ring (bicyclic) bond motifs is 1. The quantitative estimate of drug-likeness (QED) is 0.148. The summed E-state index contributed by atoms with van der Waals surface area (Å²) in [5.74, 6) is 1.67. The lowest BCUT2D eigenvalue weighted by molar-refractivity contribution is -0.149. The van der Waals surface area contributed by atoms with Crippen molar-refractivity contribution in [1.82, 2.24) is 14.6 Å². The van der Waals surface area contributed by atoms with Crippen molar-refractivity contribution < 1.29 is 38.1 Å². The van der Waals surface area contributed by atoms with E-state index in [4.69, 9.17) is 30.1 Å². The predicted octanol–water partition coefficient (Wildman–Crippen LogP) is 2.01. The van der Waals surface area contributed by atoms with Gasteiger partial charge in [-0.05, 0) is 49.7 Å². The molecule has 0 bridgehead atoms. The number of esters is 1. The number of aliphatic hydroxyl groups excluding tert-OH is 1. The lowest BCUT2D eigenvalue weighted by atomic mass is 9.95. The Kier molecular flexibility index (Phi) is 9.60. The number of hydrogen-bond acceptors (Lipinski definition) is 10. The highest BCUT2D eigenvalue weighted by molar-refractivity contribution is 7.52. The molecule has 6 atom stereocenters. The molecule has 4 N–H and O–H groups in total. The van der Waals surface area contributed by atoms with E-state index in [1.54, 1.807) is 38.1 Å². The number of nitrogens with zero attached hydrogens (tertiary/aromatic N) is 1.